The van der Waals surface area contributed by atoms with E-state index in [0.29, 0.717) is 0 Å². The normalized spacial score (nSPS) is 12.0. The van der Waals surface area contributed by atoms with Crippen LogP contribution < -0.4 is 4.90 Å². The molecule has 0 aliphatic rings. The highest BCUT2D eigenvalue weighted by atomic mass is 27.2. The predicted molar refractivity (Wildman–Crippen MR) is 115 cm³/mol. The highest BCUT2D eigenvalue weighted by Gasteiger charge is 2.27. The first-order valence-electron chi connectivity index (χ1n) is 10.3. The third-order valence-electron chi connectivity index (χ3n) is 4.81. The smallest absolute Gasteiger partial charge is 0.462 e. The van der Waals surface area contributed by atoms with E-state index >= 15 is 0 Å². The molecule has 26 heavy (non-hydrogen) atoms. The summed E-state index contributed by atoms with van der Waals surface area (Å²) in [6.07, 6.45) is 6.23. The molecule has 0 aromatic heterocycles. The van der Waals surface area contributed by atoms with Crippen LogP contribution in [-0.4, -0.2) is 20.7 Å². The maximum absolute atomic E-state index is 6.84. The number of para-hydroxylation sites is 2. The average Bonchev–Trinajstić information content (AvgIpc) is 2.70. The van der Waals surface area contributed by atoms with Crippen LogP contribution in [0.1, 0.15) is 52.9 Å². The zero-order valence-electron chi connectivity index (χ0n) is 16.7. The molecule has 2 nitrogen and oxygen atoms in total. The van der Waals surface area contributed by atoms with Crippen LogP contribution in [-0.2, 0) is 3.79 Å². The second kappa shape index (κ2) is 12.2. The summed E-state index contributed by atoms with van der Waals surface area (Å²) in [5.41, 5.74) is 2.42. The van der Waals surface area contributed by atoms with Crippen molar-refractivity contribution in [2.75, 3.05) is 4.90 Å². The fourth-order valence-corrected chi connectivity index (χ4v) is 6.41. The summed E-state index contributed by atoms with van der Waals surface area (Å²) in [5.74, 6) is 0. The first kappa shape index (κ1) is 21.0. The van der Waals surface area contributed by atoms with E-state index in [9.17, 15) is 0 Å². The monoisotopic (exact) mass is 367 g/mol. The molecule has 0 bridgehead atoms. The molecule has 0 radical (unpaired) electrons. The first-order valence-corrected chi connectivity index (χ1v) is 12.4. The van der Waals surface area contributed by atoms with Crippen LogP contribution in [0.25, 0.3) is 0 Å². The Morgan fingerprint density at radius 1 is 0.769 bits per heavy atom. The molecule has 3 heteroatoms. The molecule has 0 aliphatic carbocycles. The minimum absolute atomic E-state index is 0.116. The van der Waals surface area contributed by atoms with E-state index in [4.69, 9.17) is 3.79 Å². The van der Waals surface area contributed by atoms with Gasteiger partial charge in [-0.05, 0) is 30.7 Å². The van der Waals surface area contributed by atoms with Crippen LogP contribution in [0.15, 0.2) is 60.7 Å². The van der Waals surface area contributed by atoms with Crippen LogP contribution in [0.3, 0.4) is 0 Å². The molecule has 1 atom stereocenters. The van der Waals surface area contributed by atoms with E-state index in [1.54, 1.807) is 0 Å². The van der Waals surface area contributed by atoms with Crippen LogP contribution in [0.5, 0.6) is 0 Å². The van der Waals surface area contributed by atoms with E-state index in [2.05, 4.69) is 86.3 Å². The topological polar surface area (TPSA) is 12.5 Å². The molecule has 0 saturated heterocycles. The van der Waals surface area contributed by atoms with Crippen LogP contribution in [0, 0.1) is 0 Å². The summed E-state index contributed by atoms with van der Waals surface area (Å²) in [6.45, 7) is 6.81. The van der Waals surface area contributed by atoms with Crippen molar-refractivity contribution in [3.8, 4) is 0 Å². The second-order valence-corrected chi connectivity index (χ2v) is 9.62. The summed E-state index contributed by atoms with van der Waals surface area (Å²) in [4.78, 5) is 2.39. The number of benzene rings is 2. The van der Waals surface area contributed by atoms with E-state index in [1.165, 1.54) is 47.6 Å². The Morgan fingerprint density at radius 3 is 1.62 bits per heavy atom. The number of hydrogen-bond donors (Lipinski definition) is 0. The molecular weight excluding hydrogens is 333 g/mol. The van der Waals surface area contributed by atoms with Gasteiger partial charge in [-0.25, -0.2) is 0 Å². The predicted octanol–water partition coefficient (Wildman–Crippen LogP) is 7.17. The molecule has 0 N–H and O–H groups in total. The van der Waals surface area contributed by atoms with Crippen LogP contribution in [0.2, 0.25) is 10.6 Å². The van der Waals surface area contributed by atoms with Gasteiger partial charge in [-0.2, -0.15) is 0 Å². The quantitative estimate of drug-likeness (QED) is 0.291. The maximum atomic E-state index is 6.84. The zero-order chi connectivity index (χ0) is 18.6. The van der Waals surface area contributed by atoms with Gasteiger partial charge in [0.2, 0.25) is 0 Å². The van der Waals surface area contributed by atoms with Crippen molar-refractivity contribution < 1.29 is 3.79 Å². The van der Waals surface area contributed by atoms with Gasteiger partial charge in [-0.3, -0.25) is 0 Å². The van der Waals surface area contributed by atoms with Crippen molar-refractivity contribution in [1.29, 1.82) is 0 Å². The van der Waals surface area contributed by atoms with Gasteiger partial charge in [-0.15, -0.1) is 0 Å². The van der Waals surface area contributed by atoms with E-state index in [1.807, 2.05) is 0 Å². The van der Waals surface area contributed by atoms with Crippen LogP contribution in [0.4, 0.5) is 11.4 Å². The van der Waals surface area contributed by atoms with Gasteiger partial charge >= 0.3 is 14.5 Å². The molecule has 0 amide bonds. The number of anilines is 2. The molecule has 0 fully saturated rings. The number of unbranched alkanes of at least 4 members (excludes halogenated alkanes) is 2. The standard InChI is InChI=1S/C15H16NO.2C4H9.Al/c1-2-15(17)16(13-9-5-3-6-10-13)14-11-7-4-8-12-14;2*1-3-4-2;/h3-12,15H,2H2,1H3;2*1,3-4H2,2H3;/q-1;;;+1. The lowest BCUT2D eigenvalue weighted by Crippen LogP contribution is -2.38. The summed E-state index contributed by atoms with van der Waals surface area (Å²) in [6, 6.07) is 21.4. The summed E-state index contributed by atoms with van der Waals surface area (Å²) in [7, 11) is 0. The Kier molecular flexibility index (Phi) is 9.85. The van der Waals surface area contributed by atoms with Crippen molar-refractivity contribution in [2.45, 2.75) is 69.7 Å². The first-order chi connectivity index (χ1) is 12.8. The molecule has 2 aromatic rings. The summed E-state index contributed by atoms with van der Waals surface area (Å²) in [5, 5.41) is 2.59. The van der Waals surface area contributed by atoms with Gasteiger partial charge in [0.15, 0.2) is 0 Å². The molecule has 0 aliphatic heterocycles. The molecule has 140 valence electrons. The largest absolute Gasteiger partial charge is 0.482 e. The highest BCUT2D eigenvalue weighted by molar-refractivity contribution is 6.51. The Labute approximate surface area is 164 Å². The lowest BCUT2D eigenvalue weighted by molar-refractivity contribution is 0.200. The Morgan fingerprint density at radius 2 is 1.23 bits per heavy atom. The zero-order valence-corrected chi connectivity index (χ0v) is 17.9. The highest BCUT2D eigenvalue weighted by Crippen LogP contribution is 2.30. The van der Waals surface area contributed by atoms with Gasteiger partial charge < -0.3 is 8.69 Å². The average molecular weight is 368 g/mol. The Bertz CT molecular complexity index is 542. The minimum atomic E-state index is -1.19. The van der Waals surface area contributed by atoms with Crippen molar-refractivity contribution in [3.05, 3.63) is 60.7 Å². The molecule has 2 aromatic carbocycles. The Balaban J connectivity index is 2.25. The number of rotatable bonds is 12. The van der Waals surface area contributed by atoms with Gasteiger partial charge in [0.05, 0.1) is 0 Å². The molecule has 2 rings (SSSR count). The molecule has 0 heterocycles. The minimum Gasteiger partial charge on any atom is -0.482 e. The van der Waals surface area contributed by atoms with E-state index in [0.717, 1.165) is 6.42 Å². The third-order valence-corrected chi connectivity index (χ3v) is 7.62. The Hall–Kier alpha value is -1.27. The van der Waals surface area contributed by atoms with Crippen molar-refractivity contribution >= 4 is 25.9 Å². The van der Waals surface area contributed by atoms with E-state index in [-0.39, 0.29) is 6.23 Å². The molecule has 0 spiro atoms. The van der Waals surface area contributed by atoms with Crippen molar-refractivity contribution in [3.63, 3.8) is 0 Å². The molecular formula is C23H34AlNO. The van der Waals surface area contributed by atoms with Gasteiger partial charge in [0.25, 0.3) is 0 Å². The number of hydrogen-bond acceptors (Lipinski definition) is 2. The molecule has 1 unspecified atom stereocenters. The second-order valence-electron chi connectivity index (χ2n) is 6.95. The van der Waals surface area contributed by atoms with Crippen molar-refractivity contribution in [1.82, 2.24) is 0 Å². The third kappa shape index (κ3) is 6.47. The fraction of sp³-hybridized carbons (Fsp3) is 0.478. The molecule has 0 saturated carbocycles. The summed E-state index contributed by atoms with van der Waals surface area (Å²) >= 11 is -1.19. The lowest BCUT2D eigenvalue weighted by Gasteiger charge is -2.36. The lowest BCUT2D eigenvalue weighted by atomic mass is 10.2. The van der Waals surface area contributed by atoms with Gasteiger partial charge in [0, 0.05) is 11.4 Å². The SMILES string of the molecule is CCC[CH2][Al]([CH2]CCC)[O]C(CC)N(c1ccccc1)c1ccccc1. The van der Waals surface area contributed by atoms with E-state index < -0.39 is 14.5 Å². The van der Waals surface area contributed by atoms with Gasteiger partial charge in [-0.1, -0.05) is 93.4 Å². The summed E-state index contributed by atoms with van der Waals surface area (Å²) < 4.78 is 6.84. The van der Waals surface area contributed by atoms with Gasteiger partial charge in [0.1, 0.15) is 6.23 Å². The van der Waals surface area contributed by atoms with Crippen molar-refractivity contribution in [2.24, 2.45) is 0 Å². The number of nitrogens with zero attached hydrogens (tertiary/aromatic N) is 1. The fourth-order valence-electron chi connectivity index (χ4n) is 3.36. The van der Waals surface area contributed by atoms with Crippen LogP contribution >= 0.6 is 0 Å². The maximum Gasteiger partial charge on any atom is 0.462 e.